The van der Waals surface area contributed by atoms with Crippen molar-refractivity contribution < 1.29 is 14.7 Å². The first-order valence-corrected chi connectivity index (χ1v) is 6.44. The molecule has 4 N–H and O–H groups in total. The van der Waals surface area contributed by atoms with Crippen molar-refractivity contribution >= 4 is 11.8 Å². The summed E-state index contributed by atoms with van der Waals surface area (Å²) in [5, 5.41) is 12.4. The van der Waals surface area contributed by atoms with Crippen molar-refractivity contribution in [2.45, 2.75) is 38.6 Å². The second-order valence-corrected chi connectivity index (χ2v) is 4.94. The zero-order valence-corrected chi connectivity index (χ0v) is 10.9. The third-order valence-electron chi connectivity index (χ3n) is 3.48. The molecule has 0 unspecified atom stereocenters. The predicted octanol–water partition coefficient (Wildman–Crippen LogP) is 0.875. The van der Waals surface area contributed by atoms with E-state index in [1.807, 2.05) is 0 Å². The van der Waals surface area contributed by atoms with Crippen LogP contribution >= 0.6 is 0 Å². The molecular formula is C14H18N2O3. The number of nitrogens with one attached hydrogen (secondary N) is 1. The number of amides is 2. The highest BCUT2D eigenvalue weighted by atomic mass is 16.3. The quantitative estimate of drug-likeness (QED) is 0.754. The molecule has 2 amide bonds. The van der Waals surface area contributed by atoms with E-state index in [1.54, 1.807) is 12.1 Å². The van der Waals surface area contributed by atoms with Gasteiger partial charge in [0.05, 0.1) is 5.56 Å². The Hall–Kier alpha value is -2.04. The van der Waals surface area contributed by atoms with Crippen molar-refractivity contribution in [2.24, 2.45) is 5.73 Å². The van der Waals surface area contributed by atoms with Crippen molar-refractivity contribution in [1.82, 2.24) is 5.32 Å². The van der Waals surface area contributed by atoms with Crippen molar-refractivity contribution in [3.8, 4) is 5.75 Å². The smallest absolute Gasteiger partial charge is 0.255 e. The van der Waals surface area contributed by atoms with Gasteiger partial charge < -0.3 is 16.2 Å². The summed E-state index contributed by atoms with van der Waals surface area (Å²) in [6.07, 6.45) is 4.05. The van der Waals surface area contributed by atoms with E-state index in [4.69, 9.17) is 5.73 Å². The van der Waals surface area contributed by atoms with E-state index in [9.17, 15) is 14.7 Å². The number of fused-ring (bicyclic) bond motifs is 1. The summed E-state index contributed by atoms with van der Waals surface area (Å²) in [4.78, 5) is 22.9. The van der Waals surface area contributed by atoms with Crippen LogP contribution < -0.4 is 11.1 Å². The Morgan fingerprint density at radius 2 is 1.84 bits per heavy atom. The largest absolute Gasteiger partial charge is 0.507 e. The molecule has 1 aromatic carbocycles. The molecule has 0 saturated carbocycles. The van der Waals surface area contributed by atoms with Crippen LogP contribution in [-0.2, 0) is 17.6 Å². The molecule has 1 aromatic rings. The topological polar surface area (TPSA) is 92.4 Å². The van der Waals surface area contributed by atoms with Gasteiger partial charge >= 0.3 is 0 Å². The average molecular weight is 262 g/mol. The lowest BCUT2D eigenvalue weighted by Crippen LogP contribution is -2.42. The predicted molar refractivity (Wildman–Crippen MR) is 70.9 cm³/mol. The number of phenolic OH excluding ortho intramolecular Hbond substituents is 1. The molecule has 0 spiro atoms. The van der Waals surface area contributed by atoms with Crippen LogP contribution in [0.4, 0.5) is 0 Å². The molecule has 1 aliphatic rings. The first-order valence-electron chi connectivity index (χ1n) is 6.44. The SMILES string of the molecule is C[C@H](NC(=O)c1cc2c(cc1O)CCCC2)C(N)=O. The van der Waals surface area contributed by atoms with Crippen LogP contribution in [0.25, 0.3) is 0 Å². The van der Waals surface area contributed by atoms with E-state index in [0.29, 0.717) is 0 Å². The number of benzene rings is 1. The normalized spacial score (nSPS) is 15.4. The molecule has 102 valence electrons. The zero-order valence-electron chi connectivity index (χ0n) is 10.9. The first-order chi connectivity index (χ1) is 8.99. The van der Waals surface area contributed by atoms with E-state index in [0.717, 1.165) is 36.8 Å². The highest BCUT2D eigenvalue weighted by molar-refractivity contribution is 5.99. The summed E-state index contributed by atoms with van der Waals surface area (Å²) >= 11 is 0. The van der Waals surface area contributed by atoms with Crippen LogP contribution in [0.15, 0.2) is 12.1 Å². The third kappa shape index (κ3) is 2.86. The van der Waals surface area contributed by atoms with Crippen LogP contribution in [0.2, 0.25) is 0 Å². The molecular weight excluding hydrogens is 244 g/mol. The fourth-order valence-corrected chi connectivity index (χ4v) is 2.30. The van der Waals surface area contributed by atoms with Gasteiger partial charge in [0.15, 0.2) is 0 Å². The molecule has 19 heavy (non-hydrogen) atoms. The number of carbonyl (C=O) groups is 2. The van der Waals surface area contributed by atoms with Gasteiger partial charge in [0.2, 0.25) is 5.91 Å². The van der Waals surface area contributed by atoms with E-state index in [1.165, 1.54) is 6.92 Å². The zero-order chi connectivity index (χ0) is 14.0. The summed E-state index contributed by atoms with van der Waals surface area (Å²) in [5.41, 5.74) is 7.50. The van der Waals surface area contributed by atoms with E-state index in [-0.39, 0.29) is 11.3 Å². The van der Waals surface area contributed by atoms with Crippen molar-refractivity contribution in [2.75, 3.05) is 0 Å². The Kier molecular flexibility index (Phi) is 3.74. The maximum absolute atomic E-state index is 12.0. The summed E-state index contributed by atoms with van der Waals surface area (Å²) < 4.78 is 0. The van der Waals surface area contributed by atoms with Crippen molar-refractivity contribution in [3.05, 3.63) is 28.8 Å². The molecule has 0 radical (unpaired) electrons. The number of phenols is 1. The second-order valence-electron chi connectivity index (χ2n) is 4.94. The Balaban J connectivity index is 2.24. The minimum Gasteiger partial charge on any atom is -0.507 e. The van der Waals surface area contributed by atoms with Crippen molar-refractivity contribution in [1.29, 1.82) is 0 Å². The maximum Gasteiger partial charge on any atom is 0.255 e. The van der Waals surface area contributed by atoms with Gasteiger partial charge in [0.25, 0.3) is 5.91 Å². The monoisotopic (exact) mass is 262 g/mol. The van der Waals surface area contributed by atoms with E-state index < -0.39 is 17.9 Å². The number of aromatic hydroxyl groups is 1. The molecule has 5 heteroatoms. The average Bonchev–Trinajstić information content (AvgIpc) is 2.37. The number of hydrogen-bond donors (Lipinski definition) is 3. The highest BCUT2D eigenvalue weighted by Gasteiger charge is 2.19. The number of primary amides is 1. The summed E-state index contributed by atoms with van der Waals surface area (Å²) in [6, 6.07) is 2.61. The molecule has 0 fully saturated rings. The Morgan fingerprint density at radius 3 is 2.42 bits per heavy atom. The second kappa shape index (κ2) is 5.30. The van der Waals surface area contributed by atoms with Gasteiger partial charge in [-0.25, -0.2) is 0 Å². The van der Waals surface area contributed by atoms with Gasteiger partial charge in [-0.3, -0.25) is 9.59 Å². The first kappa shape index (κ1) is 13.4. The lowest BCUT2D eigenvalue weighted by Gasteiger charge is -2.18. The minimum atomic E-state index is -0.761. The summed E-state index contributed by atoms with van der Waals surface area (Å²) in [6.45, 7) is 1.51. The number of hydrogen-bond acceptors (Lipinski definition) is 3. The van der Waals surface area contributed by atoms with Gasteiger partial charge in [-0.15, -0.1) is 0 Å². The highest BCUT2D eigenvalue weighted by Crippen LogP contribution is 2.28. The molecule has 0 heterocycles. The van der Waals surface area contributed by atoms with Gasteiger partial charge in [-0.2, -0.15) is 0 Å². The van der Waals surface area contributed by atoms with Crippen molar-refractivity contribution in [3.63, 3.8) is 0 Å². The number of nitrogens with two attached hydrogens (primary N) is 1. The Labute approximate surface area is 111 Å². The molecule has 5 nitrogen and oxygen atoms in total. The molecule has 0 saturated heterocycles. The third-order valence-corrected chi connectivity index (χ3v) is 3.48. The van der Waals surface area contributed by atoms with Crippen LogP contribution in [0.1, 0.15) is 41.3 Å². The summed E-state index contributed by atoms with van der Waals surface area (Å²) in [5.74, 6) is -1.13. The van der Waals surface area contributed by atoms with Gasteiger partial charge in [0.1, 0.15) is 11.8 Å². The summed E-state index contributed by atoms with van der Waals surface area (Å²) in [7, 11) is 0. The fourth-order valence-electron chi connectivity index (χ4n) is 2.30. The molecule has 0 aliphatic heterocycles. The lowest BCUT2D eigenvalue weighted by atomic mass is 9.90. The molecule has 1 atom stereocenters. The fraction of sp³-hybridized carbons (Fsp3) is 0.429. The molecule has 0 bridgehead atoms. The molecule has 2 rings (SSSR count). The van der Waals surface area contributed by atoms with Gasteiger partial charge in [0, 0.05) is 0 Å². The Bertz CT molecular complexity index is 526. The molecule has 1 aliphatic carbocycles. The van der Waals surface area contributed by atoms with Crippen LogP contribution in [0, 0.1) is 0 Å². The van der Waals surface area contributed by atoms with Gasteiger partial charge in [-0.1, -0.05) is 0 Å². The van der Waals surface area contributed by atoms with Crippen LogP contribution in [0.3, 0.4) is 0 Å². The minimum absolute atomic E-state index is 0.0465. The van der Waals surface area contributed by atoms with Crippen LogP contribution in [0.5, 0.6) is 5.75 Å². The van der Waals surface area contributed by atoms with Gasteiger partial charge in [-0.05, 0) is 55.9 Å². The van der Waals surface area contributed by atoms with Crippen LogP contribution in [-0.4, -0.2) is 23.0 Å². The Morgan fingerprint density at radius 1 is 1.26 bits per heavy atom. The molecule has 0 aromatic heterocycles. The number of carbonyl (C=O) groups excluding carboxylic acids is 2. The standard InChI is InChI=1S/C14H18N2O3/c1-8(13(15)18)16-14(19)11-6-9-4-2-3-5-10(9)7-12(11)17/h6-8,17H,2-5H2,1H3,(H2,15,18)(H,16,19)/t8-/m0/s1. The lowest BCUT2D eigenvalue weighted by molar-refractivity contribution is -0.119. The number of aryl methyl sites for hydroxylation is 2. The maximum atomic E-state index is 12.0. The number of rotatable bonds is 3. The van der Waals surface area contributed by atoms with E-state index >= 15 is 0 Å². The van der Waals surface area contributed by atoms with E-state index in [2.05, 4.69) is 5.32 Å².